The van der Waals surface area contributed by atoms with Gasteiger partial charge in [0.2, 0.25) is 0 Å². The summed E-state index contributed by atoms with van der Waals surface area (Å²) in [5.74, 6) is 1.10. The lowest BCUT2D eigenvalue weighted by Crippen LogP contribution is -2.22. The molecule has 2 aliphatic heterocycles. The highest BCUT2D eigenvalue weighted by Crippen LogP contribution is 2.28. The molecule has 0 aliphatic carbocycles. The number of hydroxylamine groups is 1. The molecule has 0 amide bonds. The fraction of sp³-hybridized carbons (Fsp3) is 0.136. The Morgan fingerprint density at radius 1 is 1.23 bits per heavy atom. The fourth-order valence-electron chi connectivity index (χ4n) is 2.80. The van der Waals surface area contributed by atoms with Crippen LogP contribution in [0.3, 0.4) is 0 Å². The summed E-state index contributed by atoms with van der Waals surface area (Å²) in [6, 6.07) is 8.10. The molecule has 8 heteroatoms. The Bertz CT molecular complexity index is 1050. The van der Waals surface area contributed by atoms with Gasteiger partial charge in [0, 0.05) is 24.9 Å². The monoisotopic (exact) mass is 403 g/mol. The van der Waals surface area contributed by atoms with E-state index >= 15 is 0 Å². The highest BCUT2D eigenvalue weighted by Gasteiger charge is 2.34. The second-order valence-corrected chi connectivity index (χ2v) is 6.55. The van der Waals surface area contributed by atoms with Gasteiger partial charge in [-0.05, 0) is 58.6 Å². The lowest BCUT2D eigenvalue weighted by Gasteiger charge is -2.15. The zero-order valence-electron chi connectivity index (χ0n) is 16.9. The summed E-state index contributed by atoms with van der Waals surface area (Å²) in [6.45, 7) is 12.5. The second-order valence-electron chi connectivity index (χ2n) is 6.55. The normalized spacial score (nSPS) is 18.4. The van der Waals surface area contributed by atoms with Crippen LogP contribution in [-0.4, -0.2) is 30.9 Å². The average Bonchev–Trinajstić information content (AvgIpc) is 3.06. The van der Waals surface area contributed by atoms with Crippen LogP contribution in [0.5, 0.6) is 0 Å². The van der Waals surface area contributed by atoms with Crippen molar-refractivity contribution in [3.8, 4) is 0 Å². The van der Waals surface area contributed by atoms with Crippen molar-refractivity contribution in [2.45, 2.75) is 6.92 Å². The Hall–Kier alpha value is -4.09. The Labute approximate surface area is 175 Å². The topological polar surface area (TPSA) is 74.7 Å². The molecule has 1 aromatic rings. The molecule has 0 saturated carbocycles. The van der Waals surface area contributed by atoms with Crippen molar-refractivity contribution in [2.24, 2.45) is 5.10 Å². The summed E-state index contributed by atoms with van der Waals surface area (Å²) in [5.41, 5.74) is 3.07. The van der Waals surface area contributed by atoms with Crippen LogP contribution in [-0.2, 0) is 14.6 Å². The van der Waals surface area contributed by atoms with Gasteiger partial charge in [-0.15, -0.1) is 0 Å². The molecule has 3 rings (SSSR count). The van der Waals surface area contributed by atoms with E-state index in [2.05, 4.69) is 21.4 Å². The summed E-state index contributed by atoms with van der Waals surface area (Å²) in [4.78, 5) is 14.9. The van der Waals surface area contributed by atoms with Crippen molar-refractivity contribution in [3.63, 3.8) is 0 Å². The van der Waals surface area contributed by atoms with Gasteiger partial charge in [0.15, 0.2) is 5.84 Å². The van der Waals surface area contributed by atoms with E-state index in [-0.39, 0.29) is 11.7 Å². The van der Waals surface area contributed by atoms with Crippen LogP contribution in [0.25, 0.3) is 10.9 Å². The first-order valence-corrected chi connectivity index (χ1v) is 9.00. The van der Waals surface area contributed by atoms with Crippen molar-refractivity contribution in [2.75, 3.05) is 19.0 Å². The van der Waals surface area contributed by atoms with Crippen LogP contribution in [0.15, 0.2) is 83.1 Å². The van der Waals surface area contributed by atoms with Gasteiger partial charge in [-0.1, -0.05) is 31.4 Å². The smallest absolute Gasteiger partial charge is 0.308 e. The Morgan fingerprint density at radius 2 is 1.97 bits per heavy atom. The van der Waals surface area contributed by atoms with Crippen molar-refractivity contribution < 1.29 is 14.6 Å². The first kappa shape index (κ1) is 20.6. The van der Waals surface area contributed by atoms with Gasteiger partial charge in [0.25, 0.3) is 0 Å². The van der Waals surface area contributed by atoms with Crippen LogP contribution >= 0.6 is 0 Å². The largest absolute Gasteiger partial charge is 0.462 e. The predicted octanol–water partition coefficient (Wildman–Crippen LogP) is 4.41. The standard InChI is InChI=1S/C22H21N5O3/c1-6-28-30-27-21(23)20(22(24-3)25-27)17-13-15(2)29-19(14-17)12-9-16-7-10-18(11-8-16)26(4)5/h6-14,23H,1H2,2,4-5H3/b12-9+,20-17+,23-21?. The maximum absolute atomic E-state index is 8.28. The summed E-state index contributed by atoms with van der Waals surface area (Å²) in [5, 5.41) is 13.1. The van der Waals surface area contributed by atoms with E-state index in [1.807, 2.05) is 55.4 Å². The molecule has 152 valence electrons. The Morgan fingerprint density at radius 3 is 2.60 bits per heavy atom. The minimum Gasteiger partial charge on any atom is -0.462 e. The number of allylic oxidation sites excluding steroid dienone is 5. The third-order valence-corrected chi connectivity index (χ3v) is 4.20. The van der Waals surface area contributed by atoms with E-state index in [1.54, 1.807) is 19.1 Å². The highest BCUT2D eigenvalue weighted by molar-refractivity contribution is 6.29. The molecule has 30 heavy (non-hydrogen) atoms. The maximum Gasteiger partial charge on any atom is 0.308 e. The average molecular weight is 403 g/mol. The number of amidine groups is 2. The Balaban J connectivity index is 1.89. The number of nitrogens with one attached hydrogen (secondary N) is 1. The van der Waals surface area contributed by atoms with Gasteiger partial charge >= 0.3 is 5.84 Å². The Kier molecular flexibility index (Phi) is 6.15. The fourth-order valence-corrected chi connectivity index (χ4v) is 2.80. The number of rotatable bonds is 6. The van der Waals surface area contributed by atoms with Crippen LogP contribution in [0.1, 0.15) is 12.5 Å². The van der Waals surface area contributed by atoms with Crippen molar-refractivity contribution in [1.82, 2.24) is 5.17 Å². The number of hydrogen-bond acceptors (Lipinski definition) is 6. The molecular formula is C22H21N5O3. The van der Waals surface area contributed by atoms with E-state index in [1.165, 1.54) is 0 Å². The molecule has 2 heterocycles. The van der Waals surface area contributed by atoms with Gasteiger partial charge in [0.1, 0.15) is 17.8 Å². The molecule has 0 atom stereocenters. The van der Waals surface area contributed by atoms with Crippen LogP contribution in [0.4, 0.5) is 5.69 Å². The summed E-state index contributed by atoms with van der Waals surface area (Å²) in [6.07, 6.45) is 8.32. The van der Waals surface area contributed by atoms with Gasteiger partial charge in [-0.3, -0.25) is 5.41 Å². The van der Waals surface area contributed by atoms with E-state index in [0.29, 0.717) is 22.7 Å². The molecule has 0 aromatic heterocycles. The molecule has 2 aliphatic rings. The van der Waals surface area contributed by atoms with Crippen molar-refractivity contribution in [1.29, 1.82) is 5.41 Å². The lowest BCUT2D eigenvalue weighted by molar-refractivity contribution is -0.368. The molecule has 0 bridgehead atoms. The van der Waals surface area contributed by atoms with Crippen LogP contribution in [0, 0.1) is 12.0 Å². The number of hydrazone groups is 1. The first-order chi connectivity index (χ1) is 14.4. The van der Waals surface area contributed by atoms with Crippen LogP contribution in [0.2, 0.25) is 0 Å². The number of hydrogen-bond donors (Lipinski definition) is 1. The minimum absolute atomic E-state index is 0.0208. The summed E-state index contributed by atoms with van der Waals surface area (Å²) >= 11 is 0. The van der Waals surface area contributed by atoms with Crippen LogP contribution < -0.4 is 4.90 Å². The van der Waals surface area contributed by atoms with Gasteiger partial charge in [-0.25, -0.2) is 0 Å². The SMILES string of the molecule is [C-]#[N+]C1=NN(OOC=C)C(=N)/C1=C1/C=C(C)OC(/C=C/c2ccc(N(C)C)cc2)=C1. The maximum atomic E-state index is 8.28. The van der Waals surface area contributed by atoms with Gasteiger partial charge < -0.3 is 19.4 Å². The zero-order chi connectivity index (χ0) is 21.7. The molecular weight excluding hydrogens is 382 g/mol. The number of anilines is 1. The predicted molar refractivity (Wildman–Crippen MR) is 116 cm³/mol. The molecule has 0 radical (unpaired) electrons. The van der Waals surface area contributed by atoms with Crippen molar-refractivity contribution >= 4 is 23.4 Å². The molecule has 8 nitrogen and oxygen atoms in total. The molecule has 0 fully saturated rings. The number of ether oxygens (including phenoxy) is 1. The molecule has 0 spiro atoms. The second kappa shape index (κ2) is 8.94. The van der Waals surface area contributed by atoms with Gasteiger partial charge in [0.05, 0.1) is 5.57 Å². The summed E-state index contributed by atoms with van der Waals surface area (Å²) < 4.78 is 5.78. The minimum atomic E-state index is -0.123. The molecule has 0 unspecified atom stereocenters. The lowest BCUT2D eigenvalue weighted by atomic mass is 10.0. The van der Waals surface area contributed by atoms with E-state index in [4.69, 9.17) is 21.7 Å². The number of nitrogens with zero attached hydrogens (tertiary/aromatic N) is 4. The molecule has 0 saturated heterocycles. The highest BCUT2D eigenvalue weighted by atomic mass is 17.3. The summed E-state index contributed by atoms with van der Waals surface area (Å²) in [7, 11) is 3.99. The molecule has 1 aromatic carbocycles. The first-order valence-electron chi connectivity index (χ1n) is 9.00. The zero-order valence-corrected chi connectivity index (χ0v) is 16.9. The molecule has 1 N–H and O–H groups in total. The van der Waals surface area contributed by atoms with E-state index in [9.17, 15) is 0 Å². The van der Waals surface area contributed by atoms with Crippen molar-refractivity contribution in [3.05, 3.63) is 95.0 Å². The van der Waals surface area contributed by atoms with E-state index < -0.39 is 0 Å². The quantitative estimate of drug-likeness (QED) is 0.330. The number of benzene rings is 1. The third kappa shape index (κ3) is 4.48. The van der Waals surface area contributed by atoms with E-state index in [0.717, 1.165) is 22.7 Å². The third-order valence-electron chi connectivity index (χ3n) is 4.20. The van der Waals surface area contributed by atoms with Gasteiger partial charge in [-0.2, -0.15) is 0 Å².